The number of anilines is 1. The van der Waals surface area contributed by atoms with Crippen LogP contribution in [0.1, 0.15) is 12.5 Å². The third-order valence-electron chi connectivity index (χ3n) is 2.06. The minimum absolute atomic E-state index is 0.233. The number of nitrogens with zero attached hydrogens (tertiary/aromatic N) is 1. The average molecular weight is 219 g/mol. The van der Waals surface area contributed by atoms with Crippen molar-refractivity contribution in [3.05, 3.63) is 23.8 Å². The summed E-state index contributed by atoms with van der Waals surface area (Å²) in [4.78, 5) is 11.2. The normalized spacial score (nSPS) is 11.3. The highest BCUT2D eigenvalue weighted by Gasteiger charge is 2.14. The van der Waals surface area contributed by atoms with E-state index in [-0.39, 0.29) is 5.91 Å². The van der Waals surface area contributed by atoms with Gasteiger partial charge in [0.25, 0.3) is 5.91 Å². The van der Waals surface area contributed by atoms with Crippen molar-refractivity contribution in [3.8, 4) is 11.8 Å². The molecule has 0 spiro atoms. The van der Waals surface area contributed by atoms with E-state index in [4.69, 9.17) is 15.7 Å². The number of nitrogens with one attached hydrogen (secondary N) is 1. The standard InChI is InChI=1S/C11H13N3O2/c1-7(11(15)14-2)16-10-4-3-8(6-12)5-9(10)13/h3-5,7H,13H2,1-2H3,(H,14,15). The molecule has 0 bridgehead atoms. The fraction of sp³-hybridized carbons (Fsp3) is 0.273. The van der Waals surface area contributed by atoms with E-state index in [1.54, 1.807) is 19.1 Å². The van der Waals surface area contributed by atoms with E-state index in [2.05, 4.69) is 5.32 Å². The predicted molar refractivity (Wildman–Crippen MR) is 59.7 cm³/mol. The van der Waals surface area contributed by atoms with Crippen LogP contribution in [0.2, 0.25) is 0 Å². The van der Waals surface area contributed by atoms with E-state index in [9.17, 15) is 4.79 Å². The van der Waals surface area contributed by atoms with E-state index < -0.39 is 6.10 Å². The maximum Gasteiger partial charge on any atom is 0.260 e. The van der Waals surface area contributed by atoms with Crippen molar-refractivity contribution in [2.24, 2.45) is 0 Å². The van der Waals surface area contributed by atoms with Crippen molar-refractivity contribution in [3.63, 3.8) is 0 Å². The number of carbonyl (C=O) groups is 1. The summed E-state index contributed by atoms with van der Waals surface area (Å²) in [5.74, 6) is 0.166. The maximum atomic E-state index is 11.2. The summed E-state index contributed by atoms with van der Waals surface area (Å²) in [6.45, 7) is 1.62. The molecular formula is C11H13N3O2. The molecule has 0 heterocycles. The van der Waals surface area contributed by atoms with E-state index >= 15 is 0 Å². The summed E-state index contributed by atoms with van der Waals surface area (Å²) in [6.07, 6.45) is -0.625. The molecule has 16 heavy (non-hydrogen) atoms. The van der Waals surface area contributed by atoms with Crippen LogP contribution in [0.25, 0.3) is 0 Å². The fourth-order valence-corrected chi connectivity index (χ4v) is 1.17. The Morgan fingerprint density at radius 2 is 2.31 bits per heavy atom. The van der Waals surface area contributed by atoms with Gasteiger partial charge in [-0.05, 0) is 25.1 Å². The molecule has 1 aromatic rings. The number of hydrogen-bond acceptors (Lipinski definition) is 4. The first-order valence-corrected chi connectivity index (χ1v) is 4.76. The van der Waals surface area contributed by atoms with E-state index in [1.165, 1.54) is 13.1 Å². The molecule has 1 atom stereocenters. The van der Waals surface area contributed by atoms with Crippen molar-refractivity contribution in [2.75, 3.05) is 12.8 Å². The third-order valence-corrected chi connectivity index (χ3v) is 2.06. The number of carbonyl (C=O) groups excluding carboxylic acids is 1. The van der Waals surface area contributed by atoms with Gasteiger partial charge in [-0.25, -0.2) is 0 Å². The Morgan fingerprint density at radius 1 is 1.62 bits per heavy atom. The molecule has 3 N–H and O–H groups in total. The van der Waals surface area contributed by atoms with Crippen LogP contribution < -0.4 is 15.8 Å². The Bertz CT molecular complexity index is 437. The number of benzene rings is 1. The topological polar surface area (TPSA) is 88.1 Å². The molecule has 1 amide bonds. The molecule has 5 heteroatoms. The van der Waals surface area contributed by atoms with Crippen LogP contribution in [-0.2, 0) is 4.79 Å². The monoisotopic (exact) mass is 219 g/mol. The lowest BCUT2D eigenvalue weighted by molar-refractivity contribution is -0.126. The van der Waals surface area contributed by atoms with Gasteiger partial charge in [-0.1, -0.05) is 0 Å². The molecule has 0 aliphatic heterocycles. The zero-order valence-corrected chi connectivity index (χ0v) is 9.15. The number of amides is 1. The fourth-order valence-electron chi connectivity index (χ4n) is 1.17. The molecule has 0 aromatic heterocycles. The minimum atomic E-state index is -0.625. The summed E-state index contributed by atoms with van der Waals surface area (Å²) < 4.78 is 5.35. The molecule has 84 valence electrons. The summed E-state index contributed by atoms with van der Waals surface area (Å²) in [5.41, 5.74) is 6.48. The molecule has 0 radical (unpaired) electrons. The molecule has 5 nitrogen and oxygen atoms in total. The Morgan fingerprint density at radius 3 is 2.81 bits per heavy atom. The number of nitrogen functional groups attached to an aromatic ring is 1. The van der Waals surface area contributed by atoms with Crippen molar-refractivity contribution < 1.29 is 9.53 Å². The Hall–Kier alpha value is -2.22. The van der Waals surface area contributed by atoms with Gasteiger partial charge in [0.2, 0.25) is 0 Å². The van der Waals surface area contributed by atoms with Crippen LogP contribution in [0.4, 0.5) is 5.69 Å². The number of nitriles is 1. The second-order valence-electron chi connectivity index (χ2n) is 3.24. The summed E-state index contributed by atoms with van der Waals surface area (Å²) >= 11 is 0. The van der Waals surface area contributed by atoms with Crippen LogP contribution in [0.3, 0.4) is 0 Å². The largest absolute Gasteiger partial charge is 0.479 e. The van der Waals surface area contributed by atoms with Crippen LogP contribution in [0, 0.1) is 11.3 Å². The van der Waals surface area contributed by atoms with Crippen LogP contribution >= 0.6 is 0 Å². The van der Waals surface area contributed by atoms with E-state index in [0.29, 0.717) is 17.0 Å². The van der Waals surface area contributed by atoms with Gasteiger partial charge in [0.05, 0.1) is 17.3 Å². The van der Waals surface area contributed by atoms with Crippen molar-refractivity contribution in [1.29, 1.82) is 5.26 Å². The predicted octanol–water partition coefficient (Wildman–Crippen LogP) is 0.654. The van der Waals surface area contributed by atoms with Crippen LogP contribution in [0.5, 0.6) is 5.75 Å². The van der Waals surface area contributed by atoms with Gasteiger partial charge in [0, 0.05) is 7.05 Å². The highest BCUT2D eigenvalue weighted by molar-refractivity contribution is 5.80. The third kappa shape index (κ3) is 2.64. The lowest BCUT2D eigenvalue weighted by atomic mass is 10.2. The number of hydrogen-bond donors (Lipinski definition) is 2. The van der Waals surface area contributed by atoms with E-state index in [1.807, 2.05) is 6.07 Å². The number of ether oxygens (including phenoxy) is 1. The Labute approximate surface area is 93.8 Å². The first-order chi connectivity index (χ1) is 7.58. The molecule has 1 aromatic carbocycles. The highest BCUT2D eigenvalue weighted by atomic mass is 16.5. The molecule has 0 saturated heterocycles. The number of likely N-dealkylation sites (N-methyl/N-ethyl adjacent to an activating group) is 1. The van der Waals surface area contributed by atoms with Crippen molar-refractivity contribution >= 4 is 11.6 Å². The summed E-state index contributed by atoms with van der Waals surface area (Å²) in [5, 5.41) is 11.1. The summed E-state index contributed by atoms with van der Waals surface area (Å²) in [7, 11) is 1.53. The molecule has 0 fully saturated rings. The quantitative estimate of drug-likeness (QED) is 0.731. The molecule has 0 saturated carbocycles. The highest BCUT2D eigenvalue weighted by Crippen LogP contribution is 2.23. The summed E-state index contributed by atoms with van der Waals surface area (Å²) in [6, 6.07) is 6.64. The van der Waals surface area contributed by atoms with Gasteiger partial charge in [-0.15, -0.1) is 0 Å². The number of rotatable bonds is 3. The van der Waals surface area contributed by atoms with Gasteiger partial charge in [-0.2, -0.15) is 5.26 Å². The van der Waals surface area contributed by atoms with Gasteiger partial charge in [0.1, 0.15) is 5.75 Å². The zero-order valence-electron chi connectivity index (χ0n) is 9.15. The van der Waals surface area contributed by atoms with Gasteiger partial charge < -0.3 is 15.8 Å². The van der Waals surface area contributed by atoms with Crippen LogP contribution in [-0.4, -0.2) is 19.1 Å². The van der Waals surface area contributed by atoms with Crippen molar-refractivity contribution in [2.45, 2.75) is 13.0 Å². The first-order valence-electron chi connectivity index (χ1n) is 4.76. The molecule has 1 unspecified atom stereocenters. The maximum absolute atomic E-state index is 11.2. The lowest BCUT2D eigenvalue weighted by Gasteiger charge is -2.14. The second kappa shape index (κ2) is 5.03. The molecule has 1 rings (SSSR count). The SMILES string of the molecule is CNC(=O)C(C)Oc1ccc(C#N)cc1N. The smallest absolute Gasteiger partial charge is 0.260 e. The van der Waals surface area contributed by atoms with E-state index in [0.717, 1.165) is 0 Å². The van der Waals surface area contributed by atoms with Crippen molar-refractivity contribution in [1.82, 2.24) is 5.32 Å². The van der Waals surface area contributed by atoms with Gasteiger partial charge >= 0.3 is 0 Å². The minimum Gasteiger partial charge on any atom is -0.479 e. The second-order valence-corrected chi connectivity index (χ2v) is 3.24. The van der Waals surface area contributed by atoms with Gasteiger partial charge in [-0.3, -0.25) is 4.79 Å². The van der Waals surface area contributed by atoms with Crippen LogP contribution in [0.15, 0.2) is 18.2 Å². The lowest BCUT2D eigenvalue weighted by Crippen LogP contribution is -2.33. The number of nitrogens with two attached hydrogens (primary N) is 1. The molecule has 0 aliphatic carbocycles. The molecular weight excluding hydrogens is 206 g/mol. The first kappa shape index (κ1) is 11.9. The Balaban J connectivity index is 2.83. The average Bonchev–Trinajstić information content (AvgIpc) is 2.30. The molecule has 0 aliphatic rings. The Kier molecular flexibility index (Phi) is 3.72. The van der Waals surface area contributed by atoms with Gasteiger partial charge in [0.15, 0.2) is 6.10 Å². The zero-order chi connectivity index (χ0) is 12.1.